The highest BCUT2D eigenvalue weighted by Gasteiger charge is 2.27. The summed E-state index contributed by atoms with van der Waals surface area (Å²) in [5, 5.41) is 0. The van der Waals surface area contributed by atoms with E-state index in [0.29, 0.717) is 40.7 Å². The number of aromatic amines is 1. The van der Waals surface area contributed by atoms with E-state index in [1.807, 2.05) is 13.8 Å². The number of Topliss-reactive ketones (excluding diaryl/α,β-unsaturated/α-hetero) is 1. The zero-order valence-corrected chi connectivity index (χ0v) is 17.6. The summed E-state index contributed by atoms with van der Waals surface area (Å²) in [6, 6.07) is 6.56. The van der Waals surface area contributed by atoms with Gasteiger partial charge in [-0.05, 0) is 56.5 Å². The lowest BCUT2D eigenvalue weighted by Gasteiger charge is -2.13. The lowest BCUT2D eigenvalue weighted by molar-refractivity contribution is 0.0316. The van der Waals surface area contributed by atoms with E-state index in [9.17, 15) is 14.4 Å². The minimum atomic E-state index is -1.03. The minimum Gasteiger partial charge on any atom is -0.493 e. The molecule has 1 aromatic carbocycles. The number of carbonyl (C=O) groups excluding carboxylic acids is 3. The lowest BCUT2D eigenvalue weighted by atomic mass is 10.1. The van der Waals surface area contributed by atoms with E-state index in [-0.39, 0.29) is 5.69 Å². The van der Waals surface area contributed by atoms with Gasteiger partial charge in [-0.15, -0.1) is 0 Å². The number of benzene rings is 1. The highest BCUT2D eigenvalue weighted by molar-refractivity contribution is 6.04. The van der Waals surface area contributed by atoms with Crippen molar-refractivity contribution in [2.45, 2.75) is 40.7 Å². The highest BCUT2D eigenvalue weighted by atomic mass is 16.5. The number of ether oxygens (including phenoxy) is 3. The molecule has 1 heterocycles. The van der Waals surface area contributed by atoms with Gasteiger partial charge < -0.3 is 19.2 Å². The van der Waals surface area contributed by atoms with Gasteiger partial charge in [0.1, 0.15) is 5.75 Å². The predicted molar refractivity (Wildman–Crippen MR) is 108 cm³/mol. The maximum absolute atomic E-state index is 12.7. The molecule has 2 aromatic rings. The Morgan fingerprint density at radius 2 is 1.62 bits per heavy atom. The summed E-state index contributed by atoms with van der Waals surface area (Å²) >= 11 is 0. The van der Waals surface area contributed by atoms with Gasteiger partial charge in [-0.2, -0.15) is 0 Å². The number of aromatic nitrogens is 1. The van der Waals surface area contributed by atoms with Crippen LogP contribution in [0.2, 0.25) is 0 Å². The first-order chi connectivity index (χ1) is 13.6. The van der Waals surface area contributed by atoms with Gasteiger partial charge in [0.15, 0.2) is 6.10 Å². The molecule has 156 valence electrons. The third-order valence-electron chi connectivity index (χ3n) is 4.40. The van der Waals surface area contributed by atoms with Gasteiger partial charge in [0.25, 0.3) is 0 Å². The van der Waals surface area contributed by atoms with E-state index < -0.39 is 23.8 Å². The van der Waals surface area contributed by atoms with Crippen LogP contribution in [0.5, 0.6) is 5.75 Å². The quantitative estimate of drug-likeness (QED) is 0.533. The average Bonchev–Trinajstić information content (AvgIpc) is 2.99. The molecule has 0 radical (unpaired) electrons. The van der Waals surface area contributed by atoms with Gasteiger partial charge in [0, 0.05) is 5.69 Å². The number of esters is 2. The maximum Gasteiger partial charge on any atom is 0.339 e. The fourth-order valence-electron chi connectivity index (χ4n) is 2.84. The molecule has 0 aliphatic rings. The topological polar surface area (TPSA) is 94.7 Å². The molecule has 1 N–H and O–H groups in total. The van der Waals surface area contributed by atoms with Gasteiger partial charge in [-0.1, -0.05) is 13.8 Å². The van der Waals surface area contributed by atoms with E-state index in [4.69, 9.17) is 14.2 Å². The smallest absolute Gasteiger partial charge is 0.339 e. The Labute approximate surface area is 170 Å². The molecule has 7 heteroatoms. The Bertz CT molecular complexity index is 895. The van der Waals surface area contributed by atoms with Crippen molar-refractivity contribution in [1.29, 1.82) is 0 Å². The molecule has 0 spiro atoms. The molecule has 0 aliphatic carbocycles. The molecule has 0 fully saturated rings. The first kappa shape index (κ1) is 22.2. The van der Waals surface area contributed by atoms with Crippen LogP contribution in [0.1, 0.15) is 63.2 Å². The van der Waals surface area contributed by atoms with Crippen LogP contribution in [0.25, 0.3) is 0 Å². The first-order valence-electron chi connectivity index (χ1n) is 9.41. The average molecular weight is 401 g/mol. The second kappa shape index (κ2) is 9.41. The lowest BCUT2D eigenvalue weighted by Crippen LogP contribution is -2.25. The Balaban J connectivity index is 2.08. The van der Waals surface area contributed by atoms with Crippen molar-refractivity contribution in [3.63, 3.8) is 0 Å². The van der Waals surface area contributed by atoms with Crippen molar-refractivity contribution < 1.29 is 28.6 Å². The number of carbonyl (C=O) groups is 3. The van der Waals surface area contributed by atoms with Gasteiger partial charge >= 0.3 is 11.9 Å². The number of ketones is 1. The van der Waals surface area contributed by atoms with Crippen LogP contribution in [0.3, 0.4) is 0 Å². The number of hydrogen-bond donors (Lipinski definition) is 1. The van der Waals surface area contributed by atoms with Crippen molar-refractivity contribution in [1.82, 2.24) is 4.98 Å². The molecule has 1 aromatic heterocycles. The predicted octanol–water partition coefficient (Wildman–Crippen LogP) is 3.88. The summed E-state index contributed by atoms with van der Waals surface area (Å²) in [6.45, 7) is 9.49. The molecule has 0 unspecified atom stereocenters. The van der Waals surface area contributed by atoms with E-state index in [1.165, 1.54) is 14.0 Å². The number of aryl methyl sites for hydroxylation is 1. The van der Waals surface area contributed by atoms with Crippen LogP contribution in [-0.4, -0.2) is 42.5 Å². The molecule has 0 amide bonds. The molecule has 2 rings (SSSR count). The Kier molecular flexibility index (Phi) is 7.20. The largest absolute Gasteiger partial charge is 0.493 e. The van der Waals surface area contributed by atoms with E-state index in [1.54, 1.807) is 38.1 Å². The standard InChI is InChI=1S/C22H27NO6/c1-12(2)11-28-17-9-7-16(8-10-17)21(25)29-15(5)20(24)19-13(3)18(14(4)23-19)22(26)27-6/h7-10,12,15,23H,11H2,1-6H3/t15-/m0/s1. The molecule has 1 atom stereocenters. The van der Waals surface area contributed by atoms with Gasteiger partial charge in [0.2, 0.25) is 5.78 Å². The SMILES string of the molecule is COC(=O)c1c(C)[nH]c(C(=O)[C@H](C)OC(=O)c2ccc(OCC(C)C)cc2)c1C. The molecule has 0 aliphatic heterocycles. The number of methoxy groups -OCH3 is 1. The number of rotatable bonds is 8. The molecule has 29 heavy (non-hydrogen) atoms. The number of nitrogens with one attached hydrogen (secondary N) is 1. The minimum absolute atomic E-state index is 0.223. The van der Waals surface area contributed by atoms with Crippen molar-refractivity contribution in [3.05, 3.63) is 52.3 Å². The van der Waals surface area contributed by atoms with Crippen LogP contribution in [0.4, 0.5) is 0 Å². The van der Waals surface area contributed by atoms with Crippen LogP contribution >= 0.6 is 0 Å². The van der Waals surface area contributed by atoms with Crippen molar-refractivity contribution in [3.8, 4) is 5.75 Å². The van der Waals surface area contributed by atoms with Crippen LogP contribution in [0, 0.1) is 19.8 Å². The van der Waals surface area contributed by atoms with E-state index in [0.717, 1.165) is 0 Å². The molecule has 0 saturated carbocycles. The molecular formula is C22H27NO6. The third kappa shape index (κ3) is 5.25. The van der Waals surface area contributed by atoms with Gasteiger partial charge in [0.05, 0.1) is 30.5 Å². The van der Waals surface area contributed by atoms with Crippen LogP contribution in [0.15, 0.2) is 24.3 Å². The second-order valence-electron chi connectivity index (χ2n) is 7.26. The second-order valence-corrected chi connectivity index (χ2v) is 7.26. The van der Waals surface area contributed by atoms with E-state index >= 15 is 0 Å². The summed E-state index contributed by atoms with van der Waals surface area (Å²) in [6.07, 6.45) is -1.03. The summed E-state index contributed by atoms with van der Waals surface area (Å²) in [7, 11) is 1.28. The maximum atomic E-state index is 12.7. The summed E-state index contributed by atoms with van der Waals surface area (Å²) in [5.41, 5.74) is 1.84. The monoisotopic (exact) mass is 401 g/mol. The van der Waals surface area contributed by atoms with Crippen LogP contribution in [-0.2, 0) is 9.47 Å². The zero-order valence-electron chi connectivity index (χ0n) is 17.6. The zero-order chi connectivity index (χ0) is 21.7. The summed E-state index contributed by atoms with van der Waals surface area (Å²) in [5.74, 6) is -0.514. The Morgan fingerprint density at radius 3 is 2.17 bits per heavy atom. The molecular weight excluding hydrogens is 374 g/mol. The number of hydrogen-bond acceptors (Lipinski definition) is 6. The van der Waals surface area contributed by atoms with E-state index in [2.05, 4.69) is 4.98 Å². The Hall–Kier alpha value is -3.09. The highest BCUT2D eigenvalue weighted by Crippen LogP contribution is 2.21. The summed E-state index contributed by atoms with van der Waals surface area (Å²) < 4.78 is 15.7. The summed E-state index contributed by atoms with van der Waals surface area (Å²) in [4.78, 5) is 39.9. The molecule has 0 bridgehead atoms. The fourth-order valence-corrected chi connectivity index (χ4v) is 2.84. The Morgan fingerprint density at radius 1 is 1.00 bits per heavy atom. The third-order valence-corrected chi connectivity index (χ3v) is 4.40. The van der Waals surface area contributed by atoms with Gasteiger partial charge in [-0.25, -0.2) is 9.59 Å². The fraction of sp³-hybridized carbons (Fsp3) is 0.409. The normalized spacial score (nSPS) is 11.8. The molecule has 7 nitrogen and oxygen atoms in total. The van der Waals surface area contributed by atoms with Gasteiger partial charge in [-0.3, -0.25) is 4.79 Å². The number of H-pyrrole nitrogens is 1. The molecule has 0 saturated heterocycles. The van der Waals surface area contributed by atoms with Crippen molar-refractivity contribution in [2.24, 2.45) is 5.92 Å². The van der Waals surface area contributed by atoms with Crippen molar-refractivity contribution >= 4 is 17.7 Å². The van der Waals surface area contributed by atoms with Crippen molar-refractivity contribution in [2.75, 3.05) is 13.7 Å². The van der Waals surface area contributed by atoms with Crippen LogP contribution < -0.4 is 4.74 Å². The first-order valence-corrected chi connectivity index (χ1v) is 9.41.